The van der Waals surface area contributed by atoms with E-state index in [4.69, 9.17) is 5.10 Å². The molecular weight excluding hydrogens is 298 g/mol. The molecule has 0 bridgehead atoms. The van der Waals surface area contributed by atoms with Crippen LogP contribution in [0.4, 0.5) is 0 Å². The summed E-state index contributed by atoms with van der Waals surface area (Å²) in [6.45, 7) is 8.09. The Morgan fingerprint density at radius 2 is 1.96 bits per heavy atom. The summed E-state index contributed by atoms with van der Waals surface area (Å²) >= 11 is 0. The number of likely N-dealkylation sites (tertiary alicyclic amines) is 1. The van der Waals surface area contributed by atoms with E-state index in [0.29, 0.717) is 0 Å². The fourth-order valence-electron chi connectivity index (χ4n) is 3.54. The molecule has 1 saturated heterocycles. The van der Waals surface area contributed by atoms with Crippen molar-refractivity contribution in [2.75, 3.05) is 13.1 Å². The number of hydrogen-bond donors (Lipinski definition) is 0. The Kier molecular flexibility index (Phi) is 5.03. The molecule has 0 radical (unpaired) electrons. The van der Waals surface area contributed by atoms with Crippen molar-refractivity contribution in [3.8, 4) is 5.69 Å². The average Bonchev–Trinajstić information content (AvgIpc) is 3.22. The molecule has 0 spiro atoms. The van der Waals surface area contributed by atoms with E-state index in [-0.39, 0.29) is 5.91 Å². The molecule has 0 unspecified atom stereocenters. The summed E-state index contributed by atoms with van der Waals surface area (Å²) in [4.78, 5) is 15.1. The number of amides is 1. The van der Waals surface area contributed by atoms with Crippen molar-refractivity contribution in [1.82, 2.24) is 14.7 Å². The van der Waals surface area contributed by atoms with Crippen molar-refractivity contribution in [2.45, 2.75) is 52.9 Å². The fraction of sp³-hybridized carbons (Fsp3) is 0.500. The molecule has 2 heterocycles. The fourth-order valence-corrected chi connectivity index (χ4v) is 3.54. The highest BCUT2D eigenvalue weighted by molar-refractivity contribution is 5.97. The summed E-state index contributed by atoms with van der Waals surface area (Å²) < 4.78 is 1.99. The molecule has 2 aromatic rings. The molecule has 4 heteroatoms. The van der Waals surface area contributed by atoms with Crippen molar-refractivity contribution < 1.29 is 4.79 Å². The van der Waals surface area contributed by atoms with Crippen molar-refractivity contribution in [3.63, 3.8) is 0 Å². The molecule has 0 atom stereocenters. The van der Waals surface area contributed by atoms with Crippen LogP contribution >= 0.6 is 0 Å². The molecule has 1 fully saturated rings. The van der Waals surface area contributed by atoms with Crippen molar-refractivity contribution >= 4 is 5.91 Å². The van der Waals surface area contributed by atoms with Crippen LogP contribution in [0.5, 0.6) is 0 Å². The van der Waals surface area contributed by atoms with Crippen LogP contribution in [0.1, 0.15) is 60.4 Å². The summed E-state index contributed by atoms with van der Waals surface area (Å²) in [6, 6.07) is 8.33. The molecular formula is C20H27N3O. The Bertz CT molecular complexity index is 726. The van der Waals surface area contributed by atoms with Gasteiger partial charge in [-0.15, -0.1) is 0 Å². The Balaban J connectivity index is 2.10. The van der Waals surface area contributed by atoms with E-state index < -0.39 is 0 Å². The third kappa shape index (κ3) is 3.10. The zero-order chi connectivity index (χ0) is 17.1. The van der Waals surface area contributed by atoms with Crippen molar-refractivity contribution in [2.24, 2.45) is 0 Å². The first kappa shape index (κ1) is 16.7. The lowest BCUT2D eigenvalue weighted by atomic mass is 10.1. The first-order chi connectivity index (χ1) is 11.7. The van der Waals surface area contributed by atoms with Gasteiger partial charge in [0, 0.05) is 13.1 Å². The summed E-state index contributed by atoms with van der Waals surface area (Å²) in [7, 11) is 0. The molecule has 0 saturated carbocycles. The average molecular weight is 325 g/mol. The number of aromatic nitrogens is 2. The first-order valence-corrected chi connectivity index (χ1v) is 9.12. The summed E-state index contributed by atoms with van der Waals surface area (Å²) in [6.07, 6.45) is 4.87. The van der Waals surface area contributed by atoms with Gasteiger partial charge in [-0.3, -0.25) is 4.79 Å². The van der Waals surface area contributed by atoms with Crippen LogP contribution in [0.25, 0.3) is 5.69 Å². The smallest absolute Gasteiger partial charge is 0.257 e. The minimum Gasteiger partial charge on any atom is -0.339 e. The maximum absolute atomic E-state index is 13.1. The zero-order valence-electron chi connectivity index (χ0n) is 15.0. The predicted molar refractivity (Wildman–Crippen MR) is 96.8 cm³/mol. The highest BCUT2D eigenvalue weighted by Crippen LogP contribution is 2.24. The van der Waals surface area contributed by atoms with Gasteiger partial charge in [0.1, 0.15) is 0 Å². The molecule has 24 heavy (non-hydrogen) atoms. The lowest BCUT2D eigenvalue weighted by Gasteiger charge is -2.16. The number of carbonyl (C=O) groups is 1. The van der Waals surface area contributed by atoms with Crippen LogP contribution in [0, 0.1) is 6.92 Å². The van der Waals surface area contributed by atoms with E-state index in [1.807, 2.05) is 15.6 Å². The second kappa shape index (κ2) is 7.20. The van der Waals surface area contributed by atoms with Crippen LogP contribution in [-0.2, 0) is 12.8 Å². The molecule has 0 N–H and O–H groups in total. The molecule has 1 aromatic carbocycles. The standard InChI is InChI=1S/C20H27N3O/c1-4-9-17-19(20(24)22-12-6-7-13-22)18(5-2)23(21-17)16-11-8-10-15(3)14-16/h8,10-11,14H,4-7,9,12-13H2,1-3H3. The number of hydrogen-bond acceptors (Lipinski definition) is 2. The second-order valence-corrected chi connectivity index (χ2v) is 6.62. The van der Waals surface area contributed by atoms with Crippen LogP contribution < -0.4 is 0 Å². The highest BCUT2D eigenvalue weighted by atomic mass is 16.2. The molecule has 1 aliphatic rings. The van der Waals surface area contributed by atoms with Gasteiger partial charge in [0.2, 0.25) is 0 Å². The van der Waals surface area contributed by atoms with Crippen LogP contribution in [-0.4, -0.2) is 33.7 Å². The van der Waals surface area contributed by atoms with Gasteiger partial charge in [-0.05, 0) is 50.3 Å². The van der Waals surface area contributed by atoms with Gasteiger partial charge < -0.3 is 4.90 Å². The highest BCUT2D eigenvalue weighted by Gasteiger charge is 2.28. The van der Waals surface area contributed by atoms with Gasteiger partial charge in [0.15, 0.2) is 0 Å². The van der Waals surface area contributed by atoms with Gasteiger partial charge >= 0.3 is 0 Å². The Hall–Kier alpha value is -2.10. The van der Waals surface area contributed by atoms with Crippen LogP contribution in [0.15, 0.2) is 24.3 Å². The zero-order valence-corrected chi connectivity index (χ0v) is 15.0. The first-order valence-electron chi connectivity index (χ1n) is 9.12. The minimum absolute atomic E-state index is 0.173. The monoisotopic (exact) mass is 325 g/mol. The Labute approximate surface area is 144 Å². The largest absolute Gasteiger partial charge is 0.339 e. The lowest BCUT2D eigenvalue weighted by molar-refractivity contribution is 0.0790. The number of rotatable bonds is 5. The van der Waals surface area contributed by atoms with E-state index >= 15 is 0 Å². The number of nitrogens with zero attached hydrogens (tertiary/aromatic N) is 3. The molecule has 1 aromatic heterocycles. The van der Waals surface area contributed by atoms with E-state index in [1.165, 1.54) is 5.56 Å². The quantitative estimate of drug-likeness (QED) is 0.835. The summed E-state index contributed by atoms with van der Waals surface area (Å²) in [5.74, 6) is 0.173. The van der Waals surface area contributed by atoms with Gasteiger partial charge in [0.05, 0.1) is 22.6 Å². The molecule has 4 nitrogen and oxygen atoms in total. The van der Waals surface area contributed by atoms with Crippen molar-refractivity contribution in [1.29, 1.82) is 0 Å². The molecule has 1 aliphatic heterocycles. The van der Waals surface area contributed by atoms with Crippen molar-refractivity contribution in [3.05, 3.63) is 46.8 Å². The topological polar surface area (TPSA) is 38.1 Å². The van der Waals surface area contributed by atoms with E-state index in [2.05, 4.69) is 39.0 Å². The SMILES string of the molecule is CCCc1nn(-c2cccc(C)c2)c(CC)c1C(=O)N1CCCC1. The summed E-state index contributed by atoms with van der Waals surface area (Å²) in [5.41, 5.74) is 5.09. The van der Waals surface area contributed by atoms with Gasteiger partial charge in [0.25, 0.3) is 5.91 Å². The number of benzene rings is 1. The molecule has 1 amide bonds. The van der Waals surface area contributed by atoms with Gasteiger partial charge in [-0.25, -0.2) is 4.68 Å². The number of aryl methyl sites for hydroxylation is 2. The van der Waals surface area contributed by atoms with Gasteiger partial charge in [-0.1, -0.05) is 32.4 Å². The minimum atomic E-state index is 0.173. The second-order valence-electron chi connectivity index (χ2n) is 6.62. The van der Waals surface area contributed by atoms with Crippen LogP contribution in [0.3, 0.4) is 0 Å². The Morgan fingerprint density at radius 3 is 2.58 bits per heavy atom. The maximum Gasteiger partial charge on any atom is 0.257 e. The van der Waals surface area contributed by atoms with E-state index in [1.54, 1.807) is 0 Å². The third-order valence-electron chi connectivity index (χ3n) is 4.73. The normalized spacial score (nSPS) is 14.4. The van der Waals surface area contributed by atoms with Crippen LogP contribution in [0.2, 0.25) is 0 Å². The molecule has 128 valence electrons. The molecule has 0 aliphatic carbocycles. The summed E-state index contributed by atoms with van der Waals surface area (Å²) in [5, 5.41) is 4.84. The Morgan fingerprint density at radius 1 is 1.21 bits per heavy atom. The predicted octanol–water partition coefficient (Wildman–Crippen LogP) is 3.93. The third-order valence-corrected chi connectivity index (χ3v) is 4.73. The van der Waals surface area contributed by atoms with Gasteiger partial charge in [-0.2, -0.15) is 5.10 Å². The maximum atomic E-state index is 13.1. The molecule has 3 rings (SSSR count). The number of carbonyl (C=O) groups excluding carboxylic acids is 1. The lowest BCUT2D eigenvalue weighted by Crippen LogP contribution is -2.29. The van der Waals surface area contributed by atoms with E-state index in [9.17, 15) is 4.79 Å². The van der Waals surface area contributed by atoms with E-state index in [0.717, 1.165) is 67.8 Å².